The zero-order chi connectivity index (χ0) is 16.6. The molecule has 1 aliphatic heterocycles. The maximum atomic E-state index is 11.8. The number of aromatic nitrogens is 1. The van der Waals surface area contributed by atoms with Crippen molar-refractivity contribution in [2.45, 2.75) is 19.8 Å². The summed E-state index contributed by atoms with van der Waals surface area (Å²) in [6.07, 6.45) is 2.33. The second-order valence-electron chi connectivity index (χ2n) is 5.37. The van der Waals surface area contributed by atoms with Crippen LogP contribution < -0.4 is 9.62 Å². The van der Waals surface area contributed by atoms with Gasteiger partial charge in [-0.2, -0.15) is 0 Å². The van der Waals surface area contributed by atoms with Gasteiger partial charge < -0.3 is 5.32 Å². The number of sulfonamides is 1. The van der Waals surface area contributed by atoms with Crippen molar-refractivity contribution in [3.05, 3.63) is 29.1 Å². The molecule has 1 aromatic heterocycles. The lowest BCUT2D eigenvalue weighted by Crippen LogP contribution is -2.27. The summed E-state index contributed by atoms with van der Waals surface area (Å²) in [6.45, 7) is 2.27. The third-order valence-electron chi connectivity index (χ3n) is 3.70. The first-order valence-corrected chi connectivity index (χ1v) is 9.97. The number of nitrogens with one attached hydrogen (secondary N) is 1. The fourth-order valence-electron chi connectivity index (χ4n) is 2.55. The van der Waals surface area contributed by atoms with Gasteiger partial charge in [-0.15, -0.1) is 11.3 Å². The summed E-state index contributed by atoms with van der Waals surface area (Å²) in [5, 5.41) is 5.20. The number of carbonyl (C=O) groups is 1. The van der Waals surface area contributed by atoms with Crippen LogP contribution in [0.3, 0.4) is 0 Å². The molecule has 0 spiro atoms. The van der Waals surface area contributed by atoms with Gasteiger partial charge in [-0.25, -0.2) is 13.4 Å². The summed E-state index contributed by atoms with van der Waals surface area (Å²) in [5.74, 6) is -0.0661. The summed E-state index contributed by atoms with van der Waals surface area (Å²) < 4.78 is 25.0. The molecule has 6 nitrogen and oxygen atoms in total. The highest BCUT2D eigenvalue weighted by atomic mass is 32.2. The number of hydrogen-bond acceptors (Lipinski definition) is 5. The van der Waals surface area contributed by atoms with Gasteiger partial charge in [0.15, 0.2) is 5.13 Å². The average molecular weight is 351 g/mol. The second kappa shape index (κ2) is 5.93. The van der Waals surface area contributed by atoms with E-state index in [4.69, 9.17) is 0 Å². The van der Waals surface area contributed by atoms with Crippen LogP contribution in [0.1, 0.15) is 18.9 Å². The van der Waals surface area contributed by atoms with E-state index in [-0.39, 0.29) is 5.91 Å². The Bertz CT molecular complexity index is 859. The van der Waals surface area contributed by atoms with Crippen LogP contribution in [0.4, 0.5) is 10.8 Å². The van der Waals surface area contributed by atoms with Gasteiger partial charge in [0.2, 0.25) is 15.9 Å². The van der Waals surface area contributed by atoms with E-state index in [0.717, 1.165) is 22.5 Å². The zero-order valence-electron chi connectivity index (χ0n) is 12.9. The Hall–Kier alpha value is -1.93. The number of benzene rings is 1. The van der Waals surface area contributed by atoms with E-state index >= 15 is 0 Å². The van der Waals surface area contributed by atoms with Crippen LogP contribution in [0.15, 0.2) is 23.6 Å². The molecule has 0 atom stereocenters. The maximum absolute atomic E-state index is 11.8. The molecule has 1 amide bonds. The number of nitrogens with zero attached hydrogens (tertiary/aromatic N) is 2. The quantitative estimate of drug-likeness (QED) is 0.918. The van der Waals surface area contributed by atoms with Gasteiger partial charge in [-0.05, 0) is 24.1 Å². The van der Waals surface area contributed by atoms with Gasteiger partial charge in [0.05, 0.1) is 17.6 Å². The van der Waals surface area contributed by atoms with E-state index in [1.54, 1.807) is 6.92 Å². The van der Waals surface area contributed by atoms with Crippen molar-refractivity contribution < 1.29 is 13.2 Å². The van der Waals surface area contributed by atoms with Gasteiger partial charge in [0.25, 0.3) is 0 Å². The van der Waals surface area contributed by atoms with Gasteiger partial charge in [0, 0.05) is 23.9 Å². The Morgan fingerprint density at radius 3 is 2.91 bits per heavy atom. The van der Waals surface area contributed by atoms with Gasteiger partial charge in [-0.1, -0.05) is 13.0 Å². The van der Waals surface area contributed by atoms with E-state index in [2.05, 4.69) is 10.3 Å². The first-order valence-electron chi connectivity index (χ1n) is 7.25. The van der Waals surface area contributed by atoms with Crippen LogP contribution in [0.25, 0.3) is 11.3 Å². The summed E-state index contributed by atoms with van der Waals surface area (Å²) in [6, 6.07) is 5.66. The van der Waals surface area contributed by atoms with Crippen molar-refractivity contribution in [1.29, 1.82) is 0 Å². The predicted molar refractivity (Wildman–Crippen MR) is 92.4 cm³/mol. The van der Waals surface area contributed by atoms with Gasteiger partial charge in [-0.3, -0.25) is 9.10 Å². The molecule has 2 aromatic rings. The molecule has 0 unspecified atom stereocenters. The smallest absolute Gasteiger partial charge is 0.232 e. The topological polar surface area (TPSA) is 79.4 Å². The fourth-order valence-corrected chi connectivity index (χ4v) is 4.24. The molecule has 2 heterocycles. The molecule has 1 aliphatic rings. The van der Waals surface area contributed by atoms with Crippen LogP contribution in [0.5, 0.6) is 0 Å². The van der Waals surface area contributed by atoms with Crippen LogP contribution >= 0.6 is 11.3 Å². The number of fused-ring (bicyclic) bond motifs is 1. The third kappa shape index (κ3) is 3.23. The lowest BCUT2D eigenvalue weighted by Gasteiger charge is -2.16. The minimum absolute atomic E-state index is 0.0661. The normalized spacial score (nSPS) is 13.9. The summed E-state index contributed by atoms with van der Waals surface area (Å²) in [7, 11) is -3.23. The average Bonchev–Trinajstić information content (AvgIpc) is 3.12. The molecule has 23 heavy (non-hydrogen) atoms. The highest BCUT2D eigenvalue weighted by Crippen LogP contribution is 2.34. The lowest BCUT2D eigenvalue weighted by atomic mass is 10.1. The molecule has 0 aliphatic carbocycles. The summed E-state index contributed by atoms with van der Waals surface area (Å²) in [4.78, 5) is 15.8. The Labute approximate surface area is 139 Å². The highest BCUT2D eigenvalue weighted by Gasteiger charge is 2.26. The standard InChI is InChI=1S/C15H17N3O3S2/c1-3-14(19)17-15-16-12(9-22-15)10-4-5-13-11(8-10)6-7-18(13)23(2,20)21/h4-5,8-9H,3,6-7H2,1-2H3,(H,16,17,19). The SMILES string of the molecule is CCC(=O)Nc1nc(-c2ccc3c(c2)CCN3S(C)(=O)=O)cs1. The second-order valence-corrected chi connectivity index (χ2v) is 8.13. The molecule has 0 radical (unpaired) electrons. The van der Waals surface area contributed by atoms with E-state index in [1.807, 2.05) is 23.6 Å². The molecule has 122 valence electrons. The van der Waals surface area contributed by atoms with Gasteiger partial charge in [0.1, 0.15) is 0 Å². The molecule has 0 saturated carbocycles. The number of rotatable bonds is 4. The van der Waals surface area contributed by atoms with Crippen LogP contribution in [0, 0.1) is 0 Å². The minimum Gasteiger partial charge on any atom is -0.302 e. The Kier molecular flexibility index (Phi) is 4.11. The van der Waals surface area contributed by atoms with Crippen LogP contribution in [0.2, 0.25) is 0 Å². The molecule has 0 saturated heterocycles. The summed E-state index contributed by atoms with van der Waals surface area (Å²) >= 11 is 1.38. The predicted octanol–water partition coefficient (Wildman–Crippen LogP) is 2.48. The first-order chi connectivity index (χ1) is 10.9. The number of carbonyl (C=O) groups excluding carboxylic acids is 1. The molecular formula is C15H17N3O3S2. The largest absolute Gasteiger partial charge is 0.302 e. The highest BCUT2D eigenvalue weighted by molar-refractivity contribution is 7.92. The van der Waals surface area contributed by atoms with Crippen molar-refractivity contribution in [2.24, 2.45) is 0 Å². The van der Waals surface area contributed by atoms with Crippen molar-refractivity contribution in [2.75, 3.05) is 22.4 Å². The Balaban J connectivity index is 1.88. The summed E-state index contributed by atoms with van der Waals surface area (Å²) in [5.41, 5.74) is 3.44. The minimum atomic E-state index is -3.23. The first kappa shape index (κ1) is 15.9. The fraction of sp³-hybridized carbons (Fsp3) is 0.333. The maximum Gasteiger partial charge on any atom is 0.232 e. The van der Waals surface area contributed by atoms with Crippen LogP contribution in [-0.2, 0) is 21.2 Å². The Morgan fingerprint density at radius 1 is 1.43 bits per heavy atom. The molecule has 1 N–H and O–H groups in total. The van der Waals surface area contributed by atoms with E-state index in [9.17, 15) is 13.2 Å². The van der Waals surface area contributed by atoms with E-state index < -0.39 is 10.0 Å². The number of hydrogen-bond donors (Lipinski definition) is 1. The molecule has 0 bridgehead atoms. The molecule has 3 rings (SSSR count). The van der Waals surface area contributed by atoms with Crippen molar-refractivity contribution in [3.63, 3.8) is 0 Å². The zero-order valence-corrected chi connectivity index (χ0v) is 14.5. The van der Waals surface area contributed by atoms with Crippen molar-refractivity contribution in [1.82, 2.24) is 4.98 Å². The number of amides is 1. The monoisotopic (exact) mass is 351 g/mol. The van der Waals surface area contributed by atoms with Crippen LogP contribution in [-0.4, -0.2) is 32.1 Å². The van der Waals surface area contributed by atoms with E-state index in [0.29, 0.717) is 24.5 Å². The van der Waals surface area contributed by atoms with E-state index in [1.165, 1.54) is 21.9 Å². The number of anilines is 2. The third-order valence-corrected chi connectivity index (χ3v) is 5.64. The molecule has 1 aromatic carbocycles. The van der Waals surface area contributed by atoms with Crippen molar-refractivity contribution in [3.8, 4) is 11.3 Å². The Morgan fingerprint density at radius 2 is 2.22 bits per heavy atom. The van der Waals surface area contributed by atoms with Crippen molar-refractivity contribution >= 4 is 38.1 Å². The lowest BCUT2D eigenvalue weighted by molar-refractivity contribution is -0.115. The molecule has 8 heteroatoms. The molecular weight excluding hydrogens is 334 g/mol. The van der Waals surface area contributed by atoms with Gasteiger partial charge >= 0.3 is 0 Å². The number of thiazole rings is 1. The molecule has 0 fully saturated rings.